The fourth-order valence-electron chi connectivity index (χ4n) is 2.32. The topological polar surface area (TPSA) is 93.2 Å². The first kappa shape index (κ1) is 16.0. The maximum absolute atomic E-state index is 12.2. The van der Waals surface area contributed by atoms with Crippen LogP contribution in [0.4, 0.5) is 5.82 Å². The summed E-state index contributed by atoms with van der Waals surface area (Å²) in [4.78, 5) is 12.2. The Bertz CT molecular complexity index is 634. The largest absolute Gasteiger partial charge is 0.396 e. The zero-order valence-corrected chi connectivity index (χ0v) is 12.9. The molecule has 4 N–H and O–H groups in total. The summed E-state index contributed by atoms with van der Waals surface area (Å²) < 4.78 is 1.47. The van der Waals surface area contributed by atoms with Gasteiger partial charge in [0.05, 0.1) is 11.7 Å². The lowest BCUT2D eigenvalue weighted by Crippen LogP contribution is -2.32. The van der Waals surface area contributed by atoms with Crippen LogP contribution in [0.15, 0.2) is 30.3 Å². The minimum absolute atomic E-state index is 0.00183. The van der Waals surface area contributed by atoms with E-state index in [4.69, 9.17) is 5.73 Å². The van der Waals surface area contributed by atoms with Crippen LogP contribution in [0.5, 0.6) is 0 Å². The molecule has 0 radical (unpaired) electrons. The second-order valence-corrected chi connectivity index (χ2v) is 5.41. The predicted molar refractivity (Wildman–Crippen MR) is 85.1 cm³/mol. The molecule has 2 rings (SSSR count). The lowest BCUT2D eigenvalue weighted by Gasteiger charge is -2.18. The van der Waals surface area contributed by atoms with E-state index in [-0.39, 0.29) is 25.1 Å². The van der Waals surface area contributed by atoms with Gasteiger partial charge in [-0.3, -0.25) is 4.79 Å². The molecule has 0 bridgehead atoms. The van der Waals surface area contributed by atoms with Crippen LogP contribution in [-0.4, -0.2) is 27.4 Å². The number of aryl methyl sites for hydroxylation is 2. The van der Waals surface area contributed by atoms with Gasteiger partial charge in [-0.05, 0) is 25.8 Å². The Balaban J connectivity index is 2.05. The number of nitrogen functional groups attached to an aromatic ring is 1. The van der Waals surface area contributed by atoms with Crippen LogP contribution < -0.4 is 11.1 Å². The van der Waals surface area contributed by atoms with Gasteiger partial charge >= 0.3 is 0 Å². The van der Waals surface area contributed by atoms with Gasteiger partial charge in [0.25, 0.3) is 0 Å². The van der Waals surface area contributed by atoms with E-state index in [2.05, 4.69) is 10.4 Å². The molecule has 118 valence electrons. The first-order valence-electron chi connectivity index (χ1n) is 7.26. The van der Waals surface area contributed by atoms with Crippen LogP contribution in [0.2, 0.25) is 0 Å². The highest BCUT2D eigenvalue weighted by Crippen LogP contribution is 2.17. The molecule has 0 saturated carbocycles. The summed E-state index contributed by atoms with van der Waals surface area (Å²) in [5.74, 6) is 0.274. The van der Waals surface area contributed by atoms with E-state index in [0.717, 1.165) is 16.8 Å². The lowest BCUT2D eigenvalue weighted by molar-refractivity contribution is -0.122. The van der Waals surface area contributed by atoms with Crippen molar-refractivity contribution in [2.24, 2.45) is 0 Å². The number of aliphatic hydroxyl groups excluding tert-OH is 1. The van der Waals surface area contributed by atoms with Gasteiger partial charge in [-0.25, -0.2) is 4.68 Å². The van der Waals surface area contributed by atoms with Crippen molar-refractivity contribution >= 4 is 11.7 Å². The van der Waals surface area contributed by atoms with E-state index in [1.807, 2.05) is 38.1 Å². The summed E-state index contributed by atoms with van der Waals surface area (Å²) in [6.07, 6.45) is 0.461. The Morgan fingerprint density at radius 1 is 1.36 bits per heavy atom. The number of aliphatic hydroxyl groups is 1. The molecular weight excluding hydrogens is 280 g/mol. The second-order valence-electron chi connectivity index (χ2n) is 5.41. The van der Waals surface area contributed by atoms with Crippen molar-refractivity contribution in [1.82, 2.24) is 15.1 Å². The molecule has 0 aliphatic rings. The number of aromatic nitrogens is 2. The van der Waals surface area contributed by atoms with E-state index < -0.39 is 0 Å². The molecule has 6 nitrogen and oxygen atoms in total. The van der Waals surface area contributed by atoms with Gasteiger partial charge in [0.15, 0.2) is 0 Å². The molecule has 0 spiro atoms. The fraction of sp³-hybridized carbons (Fsp3) is 0.375. The third-order valence-corrected chi connectivity index (χ3v) is 3.46. The first-order valence-corrected chi connectivity index (χ1v) is 7.26. The van der Waals surface area contributed by atoms with E-state index in [1.54, 1.807) is 6.07 Å². The van der Waals surface area contributed by atoms with E-state index in [9.17, 15) is 9.90 Å². The quantitative estimate of drug-likeness (QED) is 0.750. The van der Waals surface area contributed by atoms with Crippen molar-refractivity contribution in [3.05, 3.63) is 47.2 Å². The third-order valence-electron chi connectivity index (χ3n) is 3.46. The van der Waals surface area contributed by atoms with E-state index >= 15 is 0 Å². The number of benzene rings is 1. The van der Waals surface area contributed by atoms with Gasteiger partial charge in [-0.15, -0.1) is 0 Å². The summed E-state index contributed by atoms with van der Waals surface area (Å²) in [6.45, 7) is 3.90. The Morgan fingerprint density at radius 2 is 2.05 bits per heavy atom. The number of hydrogen-bond acceptors (Lipinski definition) is 4. The molecule has 1 amide bonds. The number of carbonyl (C=O) groups is 1. The number of nitrogens with zero attached hydrogens (tertiary/aromatic N) is 2. The fourth-order valence-corrected chi connectivity index (χ4v) is 2.32. The third kappa shape index (κ3) is 4.08. The van der Waals surface area contributed by atoms with Gasteiger partial charge < -0.3 is 16.2 Å². The number of rotatable bonds is 6. The molecule has 0 aliphatic carbocycles. The Kier molecular flexibility index (Phi) is 5.16. The molecule has 2 aromatic rings. The molecule has 6 heteroatoms. The first-order chi connectivity index (χ1) is 10.5. The molecule has 1 heterocycles. The monoisotopic (exact) mass is 302 g/mol. The normalized spacial score (nSPS) is 12.1. The van der Waals surface area contributed by atoms with Crippen LogP contribution >= 0.6 is 0 Å². The minimum atomic E-state index is -0.226. The maximum atomic E-state index is 12.2. The lowest BCUT2D eigenvalue weighted by atomic mass is 10.0. The smallest absolute Gasteiger partial charge is 0.242 e. The average Bonchev–Trinajstić information content (AvgIpc) is 2.77. The van der Waals surface area contributed by atoms with Gasteiger partial charge in [0.1, 0.15) is 12.4 Å². The molecular formula is C16H22N4O2. The van der Waals surface area contributed by atoms with Crippen molar-refractivity contribution in [3.8, 4) is 0 Å². The van der Waals surface area contributed by atoms with Crippen molar-refractivity contribution in [1.29, 1.82) is 0 Å². The summed E-state index contributed by atoms with van der Waals surface area (Å²) in [5, 5.41) is 16.3. The van der Waals surface area contributed by atoms with Gasteiger partial charge in [0.2, 0.25) is 5.91 Å². The summed E-state index contributed by atoms with van der Waals surface area (Å²) in [7, 11) is 0. The minimum Gasteiger partial charge on any atom is -0.396 e. The standard InChI is InChI=1S/C16H22N4O2/c1-11-3-5-13(6-4-11)14(7-8-21)18-16(22)10-20-15(17)9-12(2)19-20/h3-6,9,14,21H,7-8,10,17H2,1-2H3,(H,18,22). The molecule has 0 aliphatic heterocycles. The zero-order valence-electron chi connectivity index (χ0n) is 12.9. The summed E-state index contributed by atoms with van der Waals surface area (Å²) in [6, 6.07) is 9.39. The summed E-state index contributed by atoms with van der Waals surface area (Å²) in [5.41, 5.74) is 8.68. The van der Waals surface area contributed by atoms with Crippen molar-refractivity contribution in [3.63, 3.8) is 0 Å². The zero-order chi connectivity index (χ0) is 16.1. The molecule has 1 aromatic carbocycles. The van der Waals surface area contributed by atoms with Crippen molar-refractivity contribution < 1.29 is 9.90 Å². The number of amides is 1. The highest BCUT2D eigenvalue weighted by atomic mass is 16.3. The van der Waals surface area contributed by atoms with Crippen molar-refractivity contribution in [2.45, 2.75) is 32.9 Å². The number of nitrogens with one attached hydrogen (secondary N) is 1. The van der Waals surface area contributed by atoms with E-state index in [1.165, 1.54) is 4.68 Å². The highest BCUT2D eigenvalue weighted by molar-refractivity contribution is 5.76. The molecule has 0 fully saturated rings. The molecule has 1 unspecified atom stereocenters. The average molecular weight is 302 g/mol. The van der Waals surface area contributed by atoms with Crippen molar-refractivity contribution in [2.75, 3.05) is 12.3 Å². The second kappa shape index (κ2) is 7.09. The molecule has 1 atom stereocenters. The molecule has 0 saturated heterocycles. The SMILES string of the molecule is Cc1ccc(C(CCO)NC(=O)Cn2nc(C)cc2N)cc1. The van der Waals surface area contributed by atoms with Gasteiger partial charge in [-0.2, -0.15) is 5.10 Å². The Labute approximate surface area is 129 Å². The van der Waals surface area contributed by atoms with Crippen LogP contribution in [0.25, 0.3) is 0 Å². The van der Waals surface area contributed by atoms with Crippen LogP contribution in [-0.2, 0) is 11.3 Å². The maximum Gasteiger partial charge on any atom is 0.242 e. The molecule has 22 heavy (non-hydrogen) atoms. The Hall–Kier alpha value is -2.34. The number of carbonyl (C=O) groups excluding carboxylic acids is 1. The Morgan fingerprint density at radius 3 is 2.59 bits per heavy atom. The molecule has 1 aromatic heterocycles. The van der Waals surface area contributed by atoms with Crippen LogP contribution in [0.1, 0.15) is 29.3 Å². The summed E-state index contributed by atoms with van der Waals surface area (Å²) >= 11 is 0. The predicted octanol–water partition coefficient (Wildman–Crippen LogP) is 1.32. The van der Waals surface area contributed by atoms with E-state index in [0.29, 0.717) is 12.2 Å². The van der Waals surface area contributed by atoms with Gasteiger partial charge in [0, 0.05) is 12.7 Å². The van der Waals surface area contributed by atoms with Gasteiger partial charge in [-0.1, -0.05) is 29.8 Å². The highest BCUT2D eigenvalue weighted by Gasteiger charge is 2.15. The number of hydrogen-bond donors (Lipinski definition) is 3. The van der Waals surface area contributed by atoms with Crippen LogP contribution in [0, 0.1) is 13.8 Å². The number of nitrogens with two attached hydrogens (primary N) is 1. The number of anilines is 1. The van der Waals surface area contributed by atoms with Crippen LogP contribution in [0.3, 0.4) is 0 Å².